The van der Waals surface area contributed by atoms with Gasteiger partial charge in [-0.2, -0.15) is 5.26 Å². The van der Waals surface area contributed by atoms with Gasteiger partial charge in [-0.25, -0.2) is 0 Å². The van der Waals surface area contributed by atoms with Gasteiger partial charge in [-0.3, -0.25) is 0 Å². The molecule has 1 aromatic rings. The Labute approximate surface area is 119 Å². The van der Waals surface area contributed by atoms with Crippen molar-refractivity contribution in [1.29, 1.82) is 5.26 Å². The number of nitrogens with two attached hydrogens (primary N) is 1. The number of hydrogen-bond donors (Lipinski definition) is 1. The lowest BCUT2D eigenvalue weighted by atomic mass is 9.80. The summed E-state index contributed by atoms with van der Waals surface area (Å²) in [6.45, 7) is 1.42. The summed E-state index contributed by atoms with van der Waals surface area (Å²) in [4.78, 5) is 0. The van der Waals surface area contributed by atoms with Gasteiger partial charge in [0, 0.05) is 6.07 Å². The maximum absolute atomic E-state index is 8.82. The lowest BCUT2D eigenvalue weighted by Crippen LogP contribution is -2.30. The predicted molar refractivity (Wildman–Crippen MR) is 76.2 cm³/mol. The highest BCUT2D eigenvalue weighted by molar-refractivity contribution is 6.31. The maximum atomic E-state index is 8.82. The van der Waals surface area contributed by atoms with Crippen LogP contribution in [0.1, 0.15) is 31.2 Å². The zero-order valence-corrected chi connectivity index (χ0v) is 11.7. The molecule has 0 saturated heterocycles. The van der Waals surface area contributed by atoms with Crippen LogP contribution >= 0.6 is 11.6 Å². The first-order valence-electron chi connectivity index (χ1n) is 6.77. The summed E-state index contributed by atoms with van der Waals surface area (Å²) in [5.41, 5.74) is 6.29. The Morgan fingerprint density at radius 2 is 2.05 bits per heavy atom. The number of rotatable bonds is 4. The molecule has 2 atom stereocenters. The minimum atomic E-state index is 0.444. The Bertz CT molecular complexity index is 470. The summed E-state index contributed by atoms with van der Waals surface area (Å²) < 4.78 is 5.81. The highest BCUT2D eigenvalue weighted by Crippen LogP contribution is 2.30. The molecule has 0 aromatic heterocycles. The Balaban J connectivity index is 1.94. The molecule has 0 radical (unpaired) electrons. The molecule has 0 bridgehead atoms. The second kappa shape index (κ2) is 6.79. The van der Waals surface area contributed by atoms with Crippen molar-refractivity contribution in [2.24, 2.45) is 17.6 Å². The Morgan fingerprint density at radius 3 is 2.68 bits per heavy atom. The van der Waals surface area contributed by atoms with E-state index < -0.39 is 0 Å². The Kier molecular flexibility index (Phi) is 5.07. The second-order valence-electron chi connectivity index (χ2n) is 5.10. The molecule has 1 fully saturated rings. The van der Waals surface area contributed by atoms with Crippen LogP contribution in [0.2, 0.25) is 5.02 Å². The number of nitriles is 1. The third kappa shape index (κ3) is 3.62. The van der Waals surface area contributed by atoms with Crippen molar-refractivity contribution in [3.63, 3.8) is 0 Å². The molecule has 19 heavy (non-hydrogen) atoms. The molecule has 2 unspecified atom stereocenters. The third-order valence-electron chi connectivity index (χ3n) is 3.89. The summed E-state index contributed by atoms with van der Waals surface area (Å²) >= 11 is 5.98. The molecular weight excluding hydrogens is 260 g/mol. The monoisotopic (exact) mass is 278 g/mol. The first-order valence-corrected chi connectivity index (χ1v) is 7.15. The topological polar surface area (TPSA) is 59.0 Å². The Morgan fingerprint density at radius 1 is 1.32 bits per heavy atom. The quantitative estimate of drug-likeness (QED) is 0.919. The van der Waals surface area contributed by atoms with Gasteiger partial charge < -0.3 is 10.5 Å². The SMILES string of the molecule is N#Cc1ccc(OCC2CCCCC2CN)cc1Cl. The van der Waals surface area contributed by atoms with E-state index in [2.05, 4.69) is 0 Å². The van der Waals surface area contributed by atoms with E-state index in [0.717, 1.165) is 12.3 Å². The summed E-state index contributed by atoms with van der Waals surface area (Å²) in [6.07, 6.45) is 4.93. The molecular formula is C15H19ClN2O. The lowest BCUT2D eigenvalue weighted by molar-refractivity contribution is 0.153. The van der Waals surface area contributed by atoms with E-state index in [0.29, 0.717) is 29.0 Å². The van der Waals surface area contributed by atoms with Crippen molar-refractivity contribution in [3.8, 4) is 11.8 Å². The molecule has 1 aliphatic rings. The maximum Gasteiger partial charge on any atom is 0.120 e. The van der Waals surface area contributed by atoms with Crippen molar-refractivity contribution in [3.05, 3.63) is 28.8 Å². The summed E-state index contributed by atoms with van der Waals surface area (Å²) in [7, 11) is 0. The van der Waals surface area contributed by atoms with Crippen molar-refractivity contribution in [2.75, 3.05) is 13.2 Å². The molecule has 2 N–H and O–H groups in total. The smallest absolute Gasteiger partial charge is 0.120 e. The van der Waals surface area contributed by atoms with E-state index >= 15 is 0 Å². The van der Waals surface area contributed by atoms with E-state index in [1.54, 1.807) is 18.2 Å². The van der Waals surface area contributed by atoms with Crippen LogP contribution in [0.15, 0.2) is 18.2 Å². The fourth-order valence-corrected chi connectivity index (χ4v) is 2.91. The second-order valence-corrected chi connectivity index (χ2v) is 5.51. The van der Waals surface area contributed by atoms with Gasteiger partial charge in [-0.05, 0) is 43.4 Å². The molecule has 102 valence electrons. The molecule has 1 aliphatic carbocycles. The van der Waals surface area contributed by atoms with E-state index in [1.165, 1.54) is 25.7 Å². The fraction of sp³-hybridized carbons (Fsp3) is 0.533. The van der Waals surface area contributed by atoms with Crippen LogP contribution < -0.4 is 10.5 Å². The molecule has 0 spiro atoms. The number of hydrogen-bond acceptors (Lipinski definition) is 3. The van der Waals surface area contributed by atoms with Gasteiger partial charge in [0.05, 0.1) is 17.2 Å². The van der Waals surface area contributed by atoms with E-state index in [-0.39, 0.29) is 0 Å². The number of halogens is 1. The van der Waals surface area contributed by atoms with Gasteiger partial charge in [0.15, 0.2) is 0 Å². The molecule has 0 aliphatic heterocycles. The normalized spacial score (nSPS) is 22.8. The zero-order chi connectivity index (χ0) is 13.7. The van der Waals surface area contributed by atoms with Crippen LogP contribution in [0.5, 0.6) is 5.75 Å². The lowest BCUT2D eigenvalue weighted by Gasteiger charge is -2.30. The average molecular weight is 279 g/mol. The van der Waals surface area contributed by atoms with Gasteiger partial charge in [0.2, 0.25) is 0 Å². The highest BCUT2D eigenvalue weighted by Gasteiger charge is 2.24. The van der Waals surface area contributed by atoms with Crippen LogP contribution in [0.25, 0.3) is 0 Å². The first-order chi connectivity index (χ1) is 9.24. The third-order valence-corrected chi connectivity index (χ3v) is 4.21. The van der Waals surface area contributed by atoms with Crippen LogP contribution in [0.3, 0.4) is 0 Å². The molecule has 2 rings (SSSR count). The van der Waals surface area contributed by atoms with Crippen LogP contribution in [-0.2, 0) is 0 Å². The van der Waals surface area contributed by atoms with Crippen molar-refractivity contribution in [2.45, 2.75) is 25.7 Å². The molecule has 1 saturated carbocycles. The first kappa shape index (κ1) is 14.2. The molecule has 1 aromatic carbocycles. The standard InChI is InChI=1S/C15H19ClN2O/c16-15-7-14(6-5-12(15)9-18)19-10-13-4-2-1-3-11(13)8-17/h5-7,11,13H,1-4,8,10,17H2. The summed E-state index contributed by atoms with van der Waals surface area (Å²) in [6, 6.07) is 7.24. The summed E-state index contributed by atoms with van der Waals surface area (Å²) in [5.74, 6) is 1.83. The number of benzene rings is 1. The summed E-state index contributed by atoms with van der Waals surface area (Å²) in [5, 5.41) is 9.26. The minimum absolute atomic E-state index is 0.444. The highest BCUT2D eigenvalue weighted by atomic mass is 35.5. The number of ether oxygens (including phenoxy) is 1. The van der Waals surface area contributed by atoms with E-state index in [9.17, 15) is 0 Å². The largest absolute Gasteiger partial charge is 0.493 e. The van der Waals surface area contributed by atoms with E-state index in [4.69, 9.17) is 27.3 Å². The van der Waals surface area contributed by atoms with Gasteiger partial charge in [0.25, 0.3) is 0 Å². The van der Waals surface area contributed by atoms with Gasteiger partial charge >= 0.3 is 0 Å². The molecule has 4 heteroatoms. The Hall–Kier alpha value is -1.24. The van der Waals surface area contributed by atoms with Crippen LogP contribution in [0, 0.1) is 23.2 Å². The van der Waals surface area contributed by atoms with Crippen LogP contribution in [0.4, 0.5) is 0 Å². The van der Waals surface area contributed by atoms with Crippen LogP contribution in [-0.4, -0.2) is 13.2 Å². The average Bonchev–Trinajstić information content (AvgIpc) is 2.45. The minimum Gasteiger partial charge on any atom is -0.493 e. The fourth-order valence-electron chi connectivity index (χ4n) is 2.69. The number of nitrogens with zero attached hydrogens (tertiary/aromatic N) is 1. The van der Waals surface area contributed by atoms with E-state index in [1.807, 2.05) is 6.07 Å². The van der Waals surface area contributed by atoms with Gasteiger partial charge in [-0.1, -0.05) is 24.4 Å². The predicted octanol–water partition coefficient (Wildman–Crippen LogP) is 3.36. The molecule has 0 heterocycles. The van der Waals surface area contributed by atoms with Gasteiger partial charge in [-0.15, -0.1) is 0 Å². The molecule has 0 amide bonds. The zero-order valence-electron chi connectivity index (χ0n) is 10.9. The van der Waals surface area contributed by atoms with Crippen molar-refractivity contribution >= 4 is 11.6 Å². The van der Waals surface area contributed by atoms with Crippen molar-refractivity contribution in [1.82, 2.24) is 0 Å². The molecule has 3 nitrogen and oxygen atoms in total. The van der Waals surface area contributed by atoms with Crippen molar-refractivity contribution < 1.29 is 4.74 Å². The van der Waals surface area contributed by atoms with Gasteiger partial charge in [0.1, 0.15) is 11.8 Å².